The highest BCUT2D eigenvalue weighted by Crippen LogP contribution is 1.93. The third-order valence-electron chi connectivity index (χ3n) is 0.923. The van der Waals surface area contributed by atoms with Crippen LogP contribution in [0, 0.1) is 0 Å². The second kappa shape index (κ2) is 5.46. The molecule has 0 aliphatic rings. The van der Waals surface area contributed by atoms with Gasteiger partial charge in [-0.25, -0.2) is 4.79 Å². The molecule has 0 aliphatic heterocycles. The fourth-order valence-electron chi connectivity index (χ4n) is 0.591. The van der Waals surface area contributed by atoms with Gasteiger partial charge in [0, 0.05) is 0 Å². The quantitative estimate of drug-likeness (QED) is 0.387. The third-order valence-corrected chi connectivity index (χ3v) is 0.923. The molecule has 0 bridgehead atoms. The summed E-state index contributed by atoms with van der Waals surface area (Å²) in [5, 5.41) is 0. The zero-order chi connectivity index (χ0) is 9.56. The van der Waals surface area contributed by atoms with E-state index in [-0.39, 0.29) is 12.0 Å². The highest BCUT2D eigenvalue weighted by Gasteiger charge is 2.02. The van der Waals surface area contributed by atoms with Crippen LogP contribution >= 0.6 is 0 Å². The molecule has 0 rings (SSSR count). The van der Waals surface area contributed by atoms with Crippen molar-refractivity contribution < 1.29 is 14.3 Å². The van der Waals surface area contributed by atoms with Gasteiger partial charge >= 0.3 is 5.97 Å². The summed E-state index contributed by atoms with van der Waals surface area (Å²) in [6, 6.07) is 0. The highest BCUT2D eigenvalue weighted by molar-refractivity contribution is 5.82. The summed E-state index contributed by atoms with van der Waals surface area (Å²) >= 11 is 0. The van der Waals surface area contributed by atoms with Crippen molar-refractivity contribution in [2.24, 2.45) is 5.73 Å². The lowest BCUT2D eigenvalue weighted by Crippen LogP contribution is -2.12. The summed E-state index contributed by atoms with van der Waals surface area (Å²) in [6.45, 7) is 5.76. The first-order valence-corrected chi connectivity index (χ1v) is 3.86. The first-order chi connectivity index (χ1) is 5.56. The number of hydrogen-bond donors (Lipinski definition) is 1. The average Bonchev–Trinajstić information content (AvgIpc) is 1.84. The van der Waals surface area contributed by atoms with Crippen LogP contribution < -0.4 is 5.73 Å². The molecule has 0 radical (unpaired) electrons. The Labute approximate surface area is 72.3 Å². The molecular weight excluding hydrogens is 158 g/mol. The molecule has 0 spiro atoms. The average molecular weight is 173 g/mol. The topological polar surface area (TPSA) is 61.5 Å². The minimum absolute atomic E-state index is 0.0863. The van der Waals surface area contributed by atoms with Crippen molar-refractivity contribution in [1.29, 1.82) is 0 Å². The van der Waals surface area contributed by atoms with Gasteiger partial charge in [-0.05, 0) is 20.8 Å². The summed E-state index contributed by atoms with van der Waals surface area (Å²) < 4.78 is 9.62. The van der Waals surface area contributed by atoms with E-state index in [0.717, 1.165) is 6.08 Å². The Morgan fingerprint density at radius 3 is 2.58 bits per heavy atom. The van der Waals surface area contributed by atoms with E-state index in [9.17, 15) is 4.79 Å². The number of carbonyl (C=O) groups is 1. The predicted molar refractivity (Wildman–Crippen MR) is 45.1 cm³/mol. The molecule has 0 aromatic carbocycles. The van der Waals surface area contributed by atoms with Crippen molar-refractivity contribution in [2.75, 3.05) is 6.61 Å². The van der Waals surface area contributed by atoms with Crippen molar-refractivity contribution in [1.82, 2.24) is 0 Å². The van der Waals surface area contributed by atoms with Crippen LogP contribution in [0.1, 0.15) is 20.8 Å². The molecule has 0 heterocycles. The van der Waals surface area contributed by atoms with Gasteiger partial charge in [-0.2, -0.15) is 0 Å². The van der Waals surface area contributed by atoms with Gasteiger partial charge in [0.15, 0.2) is 5.88 Å². The van der Waals surface area contributed by atoms with Crippen molar-refractivity contribution in [3.8, 4) is 0 Å². The monoisotopic (exact) mass is 173 g/mol. The smallest absolute Gasteiger partial charge is 0.336 e. The number of carbonyl (C=O) groups excluding carboxylic acids is 1. The Kier molecular flexibility index (Phi) is 4.92. The molecule has 0 atom stereocenters. The molecule has 0 fully saturated rings. The summed E-state index contributed by atoms with van der Waals surface area (Å²) in [4.78, 5) is 10.9. The summed E-state index contributed by atoms with van der Waals surface area (Å²) in [6.07, 6.45) is 0.993. The molecule has 70 valence electrons. The zero-order valence-corrected chi connectivity index (χ0v) is 7.66. The number of esters is 1. The molecule has 4 heteroatoms. The van der Waals surface area contributed by atoms with Crippen LogP contribution in [-0.2, 0) is 14.3 Å². The maximum Gasteiger partial charge on any atom is 0.336 e. The lowest BCUT2D eigenvalue weighted by Gasteiger charge is -2.05. The number of hydrogen-bond acceptors (Lipinski definition) is 4. The fraction of sp³-hybridized carbons (Fsp3) is 0.625. The van der Waals surface area contributed by atoms with Crippen molar-refractivity contribution >= 4 is 5.97 Å². The Balaban J connectivity index is 3.88. The van der Waals surface area contributed by atoms with Gasteiger partial charge in [0.25, 0.3) is 0 Å². The SMILES string of the molecule is CCOC(N)=CC(=O)OC(C)C. The molecule has 0 aliphatic carbocycles. The molecular formula is C8H15NO3. The maximum atomic E-state index is 10.9. The third kappa shape index (κ3) is 5.58. The number of rotatable bonds is 4. The number of ether oxygens (including phenoxy) is 2. The van der Waals surface area contributed by atoms with E-state index < -0.39 is 5.97 Å². The second-order valence-corrected chi connectivity index (χ2v) is 2.47. The first-order valence-electron chi connectivity index (χ1n) is 3.86. The van der Waals surface area contributed by atoms with Gasteiger partial charge in [-0.1, -0.05) is 0 Å². The molecule has 2 N–H and O–H groups in total. The van der Waals surface area contributed by atoms with Crippen LogP contribution in [0.3, 0.4) is 0 Å². The van der Waals surface area contributed by atoms with Gasteiger partial charge in [0.1, 0.15) is 0 Å². The Bertz CT molecular complexity index is 175. The molecule has 0 aromatic rings. The largest absolute Gasteiger partial charge is 0.479 e. The van der Waals surface area contributed by atoms with Crippen LogP contribution in [0.2, 0.25) is 0 Å². The Morgan fingerprint density at radius 1 is 1.58 bits per heavy atom. The lowest BCUT2D eigenvalue weighted by molar-refractivity contribution is -0.141. The van der Waals surface area contributed by atoms with E-state index in [4.69, 9.17) is 15.2 Å². The summed E-state index contributed by atoms with van der Waals surface area (Å²) in [5.74, 6) is -0.390. The molecule has 4 nitrogen and oxygen atoms in total. The van der Waals surface area contributed by atoms with E-state index in [1.165, 1.54) is 0 Å². The van der Waals surface area contributed by atoms with Crippen molar-refractivity contribution in [3.63, 3.8) is 0 Å². The molecule has 0 saturated heterocycles. The van der Waals surface area contributed by atoms with E-state index in [0.29, 0.717) is 6.61 Å². The minimum atomic E-state index is -0.476. The molecule has 12 heavy (non-hydrogen) atoms. The Hall–Kier alpha value is -1.19. The van der Waals surface area contributed by atoms with Crippen LogP contribution in [0.15, 0.2) is 12.0 Å². The van der Waals surface area contributed by atoms with E-state index in [2.05, 4.69) is 0 Å². The van der Waals surface area contributed by atoms with E-state index >= 15 is 0 Å². The minimum Gasteiger partial charge on any atom is -0.479 e. The van der Waals surface area contributed by atoms with E-state index in [1.807, 2.05) is 0 Å². The van der Waals surface area contributed by atoms with Gasteiger partial charge in [-0.3, -0.25) is 0 Å². The molecule has 0 unspecified atom stereocenters. The van der Waals surface area contributed by atoms with Crippen LogP contribution in [0.4, 0.5) is 0 Å². The number of nitrogens with two attached hydrogens (primary N) is 1. The molecule has 0 aromatic heterocycles. The van der Waals surface area contributed by atoms with Crippen molar-refractivity contribution in [3.05, 3.63) is 12.0 Å². The lowest BCUT2D eigenvalue weighted by atomic mass is 10.5. The van der Waals surface area contributed by atoms with Crippen LogP contribution in [0.25, 0.3) is 0 Å². The van der Waals surface area contributed by atoms with E-state index in [1.54, 1.807) is 20.8 Å². The Morgan fingerprint density at radius 2 is 2.17 bits per heavy atom. The van der Waals surface area contributed by atoms with Gasteiger partial charge in [0.2, 0.25) is 0 Å². The van der Waals surface area contributed by atoms with Crippen molar-refractivity contribution in [2.45, 2.75) is 26.9 Å². The van der Waals surface area contributed by atoms with Gasteiger partial charge in [0.05, 0.1) is 18.8 Å². The maximum absolute atomic E-state index is 10.9. The highest BCUT2D eigenvalue weighted by atomic mass is 16.5. The normalized spacial score (nSPS) is 11.5. The molecule has 0 amide bonds. The van der Waals surface area contributed by atoms with Gasteiger partial charge < -0.3 is 15.2 Å². The standard InChI is InChI=1S/C8H15NO3/c1-4-11-7(9)5-8(10)12-6(2)3/h5-6H,4,9H2,1-3H3. The fourth-order valence-corrected chi connectivity index (χ4v) is 0.591. The second-order valence-electron chi connectivity index (χ2n) is 2.47. The predicted octanol–water partition coefficient (Wildman–Crippen LogP) is 0.775. The zero-order valence-electron chi connectivity index (χ0n) is 7.66. The van der Waals surface area contributed by atoms with Crippen LogP contribution in [-0.4, -0.2) is 18.7 Å². The first kappa shape index (κ1) is 10.8. The summed E-state index contributed by atoms with van der Waals surface area (Å²) in [5.41, 5.74) is 5.30. The van der Waals surface area contributed by atoms with Crippen LogP contribution in [0.5, 0.6) is 0 Å². The summed E-state index contributed by atoms with van der Waals surface area (Å²) in [7, 11) is 0. The van der Waals surface area contributed by atoms with Gasteiger partial charge in [-0.15, -0.1) is 0 Å². The molecule has 0 saturated carbocycles.